The number of benzene rings is 2. The minimum Gasteiger partial charge on any atom is -0.392 e. The third-order valence-electron chi connectivity index (χ3n) is 5.12. The van der Waals surface area contributed by atoms with Crippen LogP contribution in [0.5, 0.6) is 0 Å². The molecule has 0 fully saturated rings. The van der Waals surface area contributed by atoms with E-state index in [1.165, 1.54) is 17.7 Å². The highest BCUT2D eigenvalue weighted by molar-refractivity contribution is 6.02. The molecule has 29 heavy (non-hydrogen) atoms. The summed E-state index contributed by atoms with van der Waals surface area (Å²) in [6.45, 7) is 7.43. The second-order valence-electron chi connectivity index (χ2n) is 7.63. The Hall–Kier alpha value is -2.50. The van der Waals surface area contributed by atoms with Crippen LogP contribution >= 0.6 is 0 Å². The summed E-state index contributed by atoms with van der Waals surface area (Å²) < 4.78 is 13.6. The van der Waals surface area contributed by atoms with Gasteiger partial charge in [0.2, 0.25) is 0 Å². The molecule has 2 unspecified atom stereocenters. The van der Waals surface area contributed by atoms with Crippen molar-refractivity contribution in [1.82, 2.24) is 4.90 Å². The number of allylic oxidation sites excluding steroid dienone is 1. The van der Waals surface area contributed by atoms with Crippen molar-refractivity contribution in [1.29, 1.82) is 0 Å². The summed E-state index contributed by atoms with van der Waals surface area (Å²) in [6.07, 6.45) is 3.37. The summed E-state index contributed by atoms with van der Waals surface area (Å²) in [5, 5.41) is 14.7. The summed E-state index contributed by atoms with van der Waals surface area (Å²) in [7, 11) is 0. The van der Waals surface area contributed by atoms with Crippen LogP contribution in [0.15, 0.2) is 66.3 Å². The molecule has 1 N–H and O–H groups in total. The van der Waals surface area contributed by atoms with E-state index in [2.05, 4.69) is 35.7 Å². The normalized spacial score (nSPS) is 17.1. The van der Waals surface area contributed by atoms with E-state index < -0.39 is 6.10 Å². The molecule has 0 bridgehead atoms. The Balaban J connectivity index is 1.65. The lowest BCUT2D eigenvalue weighted by atomic mass is 10.00. The lowest BCUT2D eigenvalue weighted by molar-refractivity contribution is 0.0308. The number of aliphatic hydroxyl groups excluding tert-OH is 1. The van der Waals surface area contributed by atoms with Gasteiger partial charge in [-0.1, -0.05) is 47.6 Å². The molecule has 154 valence electrons. The fraction of sp³-hybridized carbons (Fsp3) is 0.375. The summed E-state index contributed by atoms with van der Waals surface area (Å²) in [6, 6.07) is 14.7. The molecule has 0 aromatic heterocycles. The fourth-order valence-corrected chi connectivity index (χ4v) is 3.67. The van der Waals surface area contributed by atoms with Crippen LogP contribution in [0.2, 0.25) is 0 Å². The molecule has 3 rings (SSSR count). The van der Waals surface area contributed by atoms with E-state index in [1.54, 1.807) is 6.07 Å². The van der Waals surface area contributed by atoms with Crippen molar-refractivity contribution in [3.05, 3.63) is 83.7 Å². The Morgan fingerprint density at radius 2 is 2.14 bits per heavy atom. The fourth-order valence-electron chi connectivity index (χ4n) is 3.67. The van der Waals surface area contributed by atoms with Gasteiger partial charge in [0.25, 0.3) is 0 Å². The zero-order chi connectivity index (χ0) is 20.6. The Labute approximate surface area is 172 Å². The van der Waals surface area contributed by atoms with E-state index in [9.17, 15) is 9.50 Å². The molecule has 1 heterocycles. The maximum atomic E-state index is 13.6. The lowest BCUT2D eigenvalue weighted by Gasteiger charge is -2.27. The standard InChI is InChI=1S/C24H29FN2O2/c1-3-4-11-21(28)16-27(15-19-9-7-10-20(25)13-19)17-22-14-24(26-29-22)23-12-6-5-8-18(23)2/h3,5-10,12-13,21-22,28H,1,4,11,14-17H2,2H3. The number of nitrogens with zero attached hydrogens (tertiary/aromatic N) is 2. The zero-order valence-corrected chi connectivity index (χ0v) is 16.9. The van der Waals surface area contributed by atoms with Crippen molar-refractivity contribution in [3.63, 3.8) is 0 Å². The van der Waals surface area contributed by atoms with Crippen LogP contribution in [0.3, 0.4) is 0 Å². The zero-order valence-electron chi connectivity index (χ0n) is 16.9. The first-order valence-electron chi connectivity index (χ1n) is 10.1. The SMILES string of the molecule is C=CCCC(O)CN(Cc1cccc(F)c1)CC1CC(c2ccccc2C)=NO1. The van der Waals surface area contributed by atoms with Crippen molar-refractivity contribution in [2.24, 2.45) is 5.16 Å². The molecule has 5 heteroatoms. The second kappa shape index (κ2) is 10.3. The number of halogens is 1. The van der Waals surface area contributed by atoms with Crippen LogP contribution in [0, 0.1) is 12.7 Å². The van der Waals surface area contributed by atoms with Gasteiger partial charge in [-0.3, -0.25) is 4.90 Å². The monoisotopic (exact) mass is 396 g/mol. The predicted molar refractivity (Wildman–Crippen MR) is 114 cm³/mol. The van der Waals surface area contributed by atoms with Gasteiger partial charge in [-0.05, 0) is 43.0 Å². The molecule has 0 aliphatic carbocycles. The molecule has 1 aliphatic rings. The van der Waals surface area contributed by atoms with Gasteiger partial charge in [0.05, 0.1) is 11.8 Å². The van der Waals surface area contributed by atoms with Crippen LogP contribution < -0.4 is 0 Å². The molecule has 0 saturated heterocycles. The van der Waals surface area contributed by atoms with E-state index in [1.807, 2.05) is 24.3 Å². The van der Waals surface area contributed by atoms with Crippen LogP contribution in [-0.4, -0.2) is 41.0 Å². The maximum absolute atomic E-state index is 13.6. The molecule has 2 aromatic carbocycles. The van der Waals surface area contributed by atoms with Crippen molar-refractivity contribution >= 4 is 5.71 Å². The molecule has 0 radical (unpaired) electrons. The third kappa shape index (κ3) is 6.24. The number of hydrogen-bond donors (Lipinski definition) is 1. The van der Waals surface area contributed by atoms with Crippen molar-refractivity contribution < 1.29 is 14.3 Å². The molecule has 1 aliphatic heterocycles. The molecule has 0 saturated carbocycles. The van der Waals surface area contributed by atoms with Crippen LogP contribution in [-0.2, 0) is 11.4 Å². The Morgan fingerprint density at radius 1 is 1.31 bits per heavy atom. The minimum absolute atomic E-state index is 0.0928. The van der Waals surface area contributed by atoms with Crippen molar-refractivity contribution in [2.75, 3.05) is 13.1 Å². The number of aliphatic hydroxyl groups is 1. The van der Waals surface area contributed by atoms with Gasteiger partial charge in [-0.25, -0.2) is 4.39 Å². The molecule has 0 amide bonds. The van der Waals surface area contributed by atoms with Crippen LogP contribution in [0.25, 0.3) is 0 Å². The van der Waals surface area contributed by atoms with Gasteiger partial charge in [0.15, 0.2) is 0 Å². The first-order chi connectivity index (χ1) is 14.0. The molecule has 0 spiro atoms. The smallest absolute Gasteiger partial charge is 0.145 e. The number of aryl methyl sites for hydroxylation is 1. The minimum atomic E-state index is -0.472. The Kier molecular flexibility index (Phi) is 7.55. The van der Waals surface area contributed by atoms with Crippen LogP contribution in [0.1, 0.15) is 36.0 Å². The first-order valence-corrected chi connectivity index (χ1v) is 10.1. The van der Waals surface area contributed by atoms with Crippen molar-refractivity contribution in [2.45, 2.75) is 44.9 Å². The van der Waals surface area contributed by atoms with Gasteiger partial charge in [-0.2, -0.15) is 0 Å². The third-order valence-corrected chi connectivity index (χ3v) is 5.12. The van der Waals surface area contributed by atoms with E-state index in [4.69, 9.17) is 4.84 Å². The lowest BCUT2D eigenvalue weighted by Crippen LogP contribution is -2.37. The molecular formula is C24H29FN2O2. The quantitative estimate of drug-likeness (QED) is 0.603. The molecule has 4 nitrogen and oxygen atoms in total. The van der Waals surface area contributed by atoms with Crippen molar-refractivity contribution in [3.8, 4) is 0 Å². The van der Waals surface area contributed by atoms with E-state index in [-0.39, 0.29) is 11.9 Å². The summed E-state index contributed by atoms with van der Waals surface area (Å²) in [5.41, 5.74) is 4.11. The van der Waals surface area contributed by atoms with Crippen LogP contribution in [0.4, 0.5) is 4.39 Å². The first kappa shape index (κ1) is 21.2. The number of hydrogen-bond acceptors (Lipinski definition) is 4. The summed E-state index contributed by atoms with van der Waals surface area (Å²) in [5.74, 6) is -0.253. The molecule has 2 atom stereocenters. The number of oxime groups is 1. The average Bonchev–Trinajstić information content (AvgIpc) is 3.15. The highest BCUT2D eigenvalue weighted by Gasteiger charge is 2.26. The average molecular weight is 397 g/mol. The Bertz CT molecular complexity index is 852. The van der Waals surface area contributed by atoms with E-state index in [0.29, 0.717) is 32.5 Å². The van der Waals surface area contributed by atoms with Gasteiger partial charge in [0, 0.05) is 31.6 Å². The second-order valence-corrected chi connectivity index (χ2v) is 7.63. The van der Waals surface area contributed by atoms with Gasteiger partial charge in [-0.15, -0.1) is 6.58 Å². The van der Waals surface area contributed by atoms with E-state index in [0.717, 1.165) is 23.3 Å². The predicted octanol–water partition coefficient (Wildman–Crippen LogP) is 4.46. The highest BCUT2D eigenvalue weighted by Crippen LogP contribution is 2.21. The van der Waals surface area contributed by atoms with Gasteiger partial charge >= 0.3 is 0 Å². The summed E-state index contributed by atoms with van der Waals surface area (Å²) in [4.78, 5) is 7.82. The highest BCUT2D eigenvalue weighted by atomic mass is 19.1. The van der Waals surface area contributed by atoms with Gasteiger partial charge in [0.1, 0.15) is 11.9 Å². The maximum Gasteiger partial charge on any atom is 0.145 e. The van der Waals surface area contributed by atoms with E-state index >= 15 is 0 Å². The topological polar surface area (TPSA) is 45.1 Å². The largest absolute Gasteiger partial charge is 0.392 e. The molecular weight excluding hydrogens is 367 g/mol. The van der Waals surface area contributed by atoms with Gasteiger partial charge < -0.3 is 9.94 Å². The number of rotatable bonds is 10. The summed E-state index contributed by atoms with van der Waals surface area (Å²) >= 11 is 0. The Morgan fingerprint density at radius 3 is 2.90 bits per heavy atom. The molecule has 2 aromatic rings.